The fourth-order valence-corrected chi connectivity index (χ4v) is 5.26. The Kier molecular flexibility index (Phi) is 5.24. The molecule has 2 amide bonds. The summed E-state index contributed by atoms with van der Waals surface area (Å²) in [6.07, 6.45) is 8.05. The lowest BCUT2D eigenvalue weighted by Gasteiger charge is -2.34. The van der Waals surface area contributed by atoms with Crippen molar-refractivity contribution in [1.82, 2.24) is 24.6 Å². The second-order valence-electron chi connectivity index (χ2n) is 10.6. The highest BCUT2D eigenvalue weighted by atomic mass is 16.5. The normalized spacial score (nSPS) is 18.9. The molecule has 7 rings (SSSR count). The zero-order valence-corrected chi connectivity index (χ0v) is 21.3. The zero-order chi connectivity index (χ0) is 26.0. The van der Waals surface area contributed by atoms with Crippen LogP contribution in [-0.2, 0) is 17.8 Å². The molecule has 0 radical (unpaired) electrons. The zero-order valence-electron chi connectivity index (χ0n) is 21.3. The summed E-state index contributed by atoms with van der Waals surface area (Å²) in [5, 5.41) is 7.69. The van der Waals surface area contributed by atoms with Gasteiger partial charge in [-0.3, -0.25) is 14.7 Å². The van der Waals surface area contributed by atoms with Crippen molar-refractivity contribution in [2.75, 3.05) is 5.32 Å². The number of nitrogens with zero attached hydrogens (tertiary/aromatic N) is 5. The Morgan fingerprint density at radius 1 is 1.13 bits per heavy atom. The van der Waals surface area contributed by atoms with E-state index in [1.807, 2.05) is 30.0 Å². The van der Waals surface area contributed by atoms with E-state index in [9.17, 15) is 9.59 Å². The lowest BCUT2D eigenvalue weighted by Crippen LogP contribution is -2.43. The molecule has 3 aliphatic rings. The van der Waals surface area contributed by atoms with E-state index < -0.39 is 0 Å². The first kappa shape index (κ1) is 22.9. The first-order valence-corrected chi connectivity index (χ1v) is 13.2. The van der Waals surface area contributed by atoms with Crippen LogP contribution in [0.1, 0.15) is 61.1 Å². The maximum Gasteiger partial charge on any atom is 0.331 e. The van der Waals surface area contributed by atoms with Crippen molar-refractivity contribution in [3.05, 3.63) is 59.4 Å². The number of amides is 2. The third-order valence-electron chi connectivity index (χ3n) is 7.82. The van der Waals surface area contributed by atoms with Gasteiger partial charge in [0.15, 0.2) is 5.82 Å². The second-order valence-corrected chi connectivity index (χ2v) is 10.6. The van der Waals surface area contributed by atoms with Gasteiger partial charge in [0.05, 0.1) is 17.8 Å². The molecule has 1 aromatic carbocycles. The van der Waals surface area contributed by atoms with Gasteiger partial charge in [-0.25, -0.2) is 14.8 Å². The van der Waals surface area contributed by atoms with E-state index in [2.05, 4.69) is 27.4 Å². The van der Waals surface area contributed by atoms with Gasteiger partial charge in [0.25, 0.3) is 0 Å². The Bertz CT molecular complexity index is 1580. The van der Waals surface area contributed by atoms with E-state index in [0.717, 1.165) is 59.2 Å². The van der Waals surface area contributed by atoms with Crippen molar-refractivity contribution in [3.63, 3.8) is 0 Å². The molecule has 10 heteroatoms. The number of rotatable bonds is 5. The predicted octanol–water partition coefficient (Wildman–Crippen LogP) is 5.16. The predicted molar refractivity (Wildman–Crippen MR) is 138 cm³/mol. The second kappa shape index (κ2) is 8.68. The van der Waals surface area contributed by atoms with E-state index in [4.69, 9.17) is 9.26 Å². The molecule has 3 aromatic heterocycles. The number of anilines is 1. The molecule has 1 unspecified atom stereocenters. The van der Waals surface area contributed by atoms with E-state index in [1.165, 1.54) is 6.33 Å². The van der Waals surface area contributed by atoms with E-state index in [1.54, 1.807) is 16.8 Å². The fraction of sp³-hybridized carbons (Fsp3) is 0.393. The molecular weight excluding hydrogens is 484 g/mol. The largest absolute Gasteiger partial charge is 0.438 e. The summed E-state index contributed by atoms with van der Waals surface area (Å²) in [7, 11) is 0. The number of aromatic nitrogens is 4. The van der Waals surface area contributed by atoms with Crippen LogP contribution in [0, 0.1) is 12.8 Å². The van der Waals surface area contributed by atoms with Gasteiger partial charge in [0, 0.05) is 46.7 Å². The number of aryl methyl sites for hydroxylation is 1. The molecule has 1 atom stereocenters. The topological polar surface area (TPSA) is 115 Å². The van der Waals surface area contributed by atoms with Crippen LogP contribution in [0.15, 0.2) is 41.3 Å². The molecule has 194 valence electrons. The SMILES string of the molecule is Cc1c(Oc2ncnc3c2CC(C)N(C(=O)C2CC2)C3)ccc2c1ccn2C(=O)Nc1cc(C2CC2)on1. The van der Waals surface area contributed by atoms with E-state index >= 15 is 0 Å². The third kappa shape index (κ3) is 4.00. The molecule has 2 aliphatic carbocycles. The monoisotopic (exact) mass is 512 g/mol. The summed E-state index contributed by atoms with van der Waals surface area (Å²) in [6, 6.07) is 7.16. The van der Waals surface area contributed by atoms with Crippen molar-refractivity contribution >= 4 is 28.7 Å². The molecule has 4 heterocycles. The smallest absolute Gasteiger partial charge is 0.331 e. The highest BCUT2D eigenvalue weighted by molar-refractivity contribution is 5.99. The Morgan fingerprint density at radius 2 is 1.97 bits per heavy atom. The van der Waals surface area contributed by atoms with Crippen molar-refractivity contribution in [2.24, 2.45) is 5.92 Å². The lowest BCUT2D eigenvalue weighted by atomic mass is 9.99. The van der Waals surface area contributed by atoms with Gasteiger partial charge < -0.3 is 14.2 Å². The molecule has 4 aromatic rings. The number of hydrogen-bond acceptors (Lipinski definition) is 7. The summed E-state index contributed by atoms with van der Waals surface area (Å²) >= 11 is 0. The Hall–Kier alpha value is -4.21. The Morgan fingerprint density at radius 3 is 2.76 bits per heavy atom. The number of benzene rings is 1. The third-order valence-corrected chi connectivity index (χ3v) is 7.82. The first-order chi connectivity index (χ1) is 18.5. The van der Waals surface area contributed by atoms with Crippen LogP contribution >= 0.6 is 0 Å². The number of fused-ring (bicyclic) bond motifs is 2. The summed E-state index contributed by atoms with van der Waals surface area (Å²) in [5.74, 6) is 3.23. The summed E-state index contributed by atoms with van der Waals surface area (Å²) in [5.41, 5.74) is 3.43. The summed E-state index contributed by atoms with van der Waals surface area (Å²) in [6.45, 7) is 4.51. The number of hydrogen-bond donors (Lipinski definition) is 1. The van der Waals surface area contributed by atoms with Gasteiger partial charge in [-0.05, 0) is 64.2 Å². The average Bonchev–Trinajstić information content (AvgIpc) is 3.85. The maximum absolute atomic E-state index is 13.0. The van der Waals surface area contributed by atoms with E-state index in [-0.39, 0.29) is 23.9 Å². The van der Waals surface area contributed by atoms with Crippen LogP contribution in [0.4, 0.5) is 10.6 Å². The molecule has 38 heavy (non-hydrogen) atoms. The van der Waals surface area contributed by atoms with Crippen molar-refractivity contribution in [1.29, 1.82) is 0 Å². The molecule has 2 saturated carbocycles. The van der Waals surface area contributed by atoms with Crippen LogP contribution in [0.3, 0.4) is 0 Å². The van der Waals surface area contributed by atoms with Gasteiger partial charge in [-0.15, -0.1) is 0 Å². The molecule has 0 saturated heterocycles. The lowest BCUT2D eigenvalue weighted by molar-refractivity contribution is -0.135. The summed E-state index contributed by atoms with van der Waals surface area (Å²) in [4.78, 5) is 36.5. The van der Waals surface area contributed by atoms with Gasteiger partial charge >= 0.3 is 6.03 Å². The van der Waals surface area contributed by atoms with Crippen LogP contribution in [0.25, 0.3) is 10.9 Å². The summed E-state index contributed by atoms with van der Waals surface area (Å²) < 4.78 is 13.2. The minimum absolute atomic E-state index is 0.0603. The number of nitrogens with one attached hydrogen (secondary N) is 1. The minimum atomic E-state index is -0.312. The number of carbonyl (C=O) groups is 2. The van der Waals surface area contributed by atoms with Gasteiger partial charge in [-0.2, -0.15) is 0 Å². The Labute approximate surface area is 219 Å². The van der Waals surface area contributed by atoms with Crippen LogP contribution in [-0.4, -0.2) is 42.6 Å². The standard InChI is InChI=1S/C28H28N6O4/c1-15-11-20-21(13-34(15)27(35)18-5-6-18)29-14-30-26(20)37-23-8-7-22-19(16(23)2)9-10-33(22)28(36)31-25-12-24(38-32-25)17-3-4-17/h7-10,12,14-15,17-18H,3-6,11,13H2,1-2H3,(H,31,32,36). The van der Waals surface area contributed by atoms with Crippen LogP contribution in [0.2, 0.25) is 0 Å². The minimum Gasteiger partial charge on any atom is -0.438 e. The molecule has 0 spiro atoms. The number of ether oxygens (including phenoxy) is 1. The highest BCUT2D eigenvalue weighted by Gasteiger charge is 2.38. The maximum atomic E-state index is 13.0. The van der Waals surface area contributed by atoms with Crippen LogP contribution < -0.4 is 10.1 Å². The molecule has 1 N–H and O–H groups in total. The molecular formula is C28H28N6O4. The number of carbonyl (C=O) groups excluding carboxylic acids is 2. The molecule has 0 bridgehead atoms. The first-order valence-electron chi connectivity index (χ1n) is 13.2. The van der Waals surface area contributed by atoms with Gasteiger partial charge in [-0.1, -0.05) is 5.16 Å². The van der Waals surface area contributed by atoms with Crippen LogP contribution in [0.5, 0.6) is 11.6 Å². The molecule has 10 nitrogen and oxygen atoms in total. The quantitative estimate of drug-likeness (QED) is 0.393. The van der Waals surface area contributed by atoms with E-state index in [0.29, 0.717) is 36.3 Å². The van der Waals surface area contributed by atoms with Crippen molar-refractivity contribution in [3.8, 4) is 11.6 Å². The van der Waals surface area contributed by atoms with Crippen molar-refractivity contribution < 1.29 is 18.8 Å². The van der Waals surface area contributed by atoms with Crippen molar-refractivity contribution in [2.45, 2.75) is 64.5 Å². The fourth-order valence-electron chi connectivity index (χ4n) is 5.26. The molecule has 1 aliphatic heterocycles. The molecule has 2 fully saturated rings. The van der Waals surface area contributed by atoms with Gasteiger partial charge in [0.2, 0.25) is 11.8 Å². The van der Waals surface area contributed by atoms with Gasteiger partial charge in [0.1, 0.15) is 17.8 Å². The average molecular weight is 513 g/mol. The Balaban J connectivity index is 1.12. The highest BCUT2D eigenvalue weighted by Crippen LogP contribution is 2.41.